The van der Waals surface area contributed by atoms with Crippen molar-refractivity contribution in [1.82, 2.24) is 29.6 Å². The van der Waals surface area contributed by atoms with Gasteiger partial charge in [0.25, 0.3) is 5.91 Å². The van der Waals surface area contributed by atoms with Crippen LogP contribution in [0.15, 0.2) is 49.0 Å². The zero-order valence-corrected chi connectivity index (χ0v) is 18.5. The van der Waals surface area contributed by atoms with E-state index in [-0.39, 0.29) is 5.56 Å². The van der Waals surface area contributed by atoms with Crippen LogP contribution in [0, 0.1) is 12.7 Å². The Balaban J connectivity index is 1.62. The van der Waals surface area contributed by atoms with Crippen LogP contribution < -0.4 is 5.32 Å². The normalized spacial score (nSPS) is 14.2. The van der Waals surface area contributed by atoms with Gasteiger partial charge in [-0.3, -0.25) is 4.79 Å². The molecule has 2 aromatic heterocycles. The number of halogens is 1. The third kappa shape index (κ3) is 4.05. The highest BCUT2D eigenvalue weighted by Gasteiger charge is 2.26. The predicted molar refractivity (Wildman–Crippen MR) is 117 cm³/mol. The Kier molecular flexibility index (Phi) is 5.65. The molecule has 1 fully saturated rings. The summed E-state index contributed by atoms with van der Waals surface area (Å²) in [6.07, 6.45) is 7.46. The van der Waals surface area contributed by atoms with Crippen molar-refractivity contribution in [2.45, 2.75) is 32.6 Å². The molecule has 1 N–H and O–H groups in total. The van der Waals surface area contributed by atoms with Gasteiger partial charge in [0.05, 0.1) is 41.7 Å². The SMILES string of the molecule is C=C(/C(OC)=C(\C)NC(=O)c1cc(-n2cnc(C3CC3)c2)c(C)cc1F)c1nncn1C. The molecule has 1 saturated carbocycles. The number of nitrogens with zero attached hydrogens (tertiary/aromatic N) is 5. The second-order valence-corrected chi connectivity index (χ2v) is 7.95. The van der Waals surface area contributed by atoms with Gasteiger partial charge in [-0.15, -0.1) is 10.2 Å². The third-order valence-corrected chi connectivity index (χ3v) is 5.51. The molecule has 1 aliphatic rings. The molecule has 4 rings (SSSR count). The molecule has 166 valence electrons. The van der Waals surface area contributed by atoms with Crippen molar-refractivity contribution < 1.29 is 13.9 Å². The molecular formula is C23H25FN6O2. The van der Waals surface area contributed by atoms with Gasteiger partial charge >= 0.3 is 0 Å². The summed E-state index contributed by atoms with van der Waals surface area (Å²) in [7, 11) is 3.24. The van der Waals surface area contributed by atoms with E-state index in [0.717, 1.165) is 18.5 Å². The first-order valence-electron chi connectivity index (χ1n) is 10.2. The minimum atomic E-state index is -0.606. The lowest BCUT2D eigenvalue weighted by atomic mass is 10.1. The molecule has 0 spiro atoms. The number of carbonyl (C=O) groups is 1. The Bertz CT molecular complexity index is 1240. The molecule has 0 atom stereocenters. The maximum atomic E-state index is 14.7. The molecule has 0 aliphatic heterocycles. The number of nitrogens with one attached hydrogen (secondary N) is 1. The fourth-order valence-electron chi connectivity index (χ4n) is 3.63. The molecule has 8 nitrogen and oxygen atoms in total. The number of amides is 1. The number of aryl methyl sites for hydroxylation is 2. The number of carbonyl (C=O) groups excluding carboxylic acids is 1. The lowest BCUT2D eigenvalue weighted by molar-refractivity contribution is 0.0959. The lowest BCUT2D eigenvalue weighted by Gasteiger charge is -2.15. The number of imidazole rings is 1. The maximum absolute atomic E-state index is 14.7. The van der Waals surface area contributed by atoms with Gasteiger partial charge in [0.15, 0.2) is 5.82 Å². The highest BCUT2D eigenvalue weighted by Crippen LogP contribution is 2.39. The van der Waals surface area contributed by atoms with E-state index in [1.807, 2.05) is 10.8 Å². The Hall–Kier alpha value is -3.75. The molecular weight excluding hydrogens is 411 g/mol. The van der Waals surface area contributed by atoms with Gasteiger partial charge in [0, 0.05) is 19.2 Å². The summed E-state index contributed by atoms with van der Waals surface area (Å²) in [5.74, 6) is 0.119. The first-order valence-corrected chi connectivity index (χ1v) is 10.2. The van der Waals surface area contributed by atoms with Crippen molar-refractivity contribution in [3.63, 3.8) is 0 Å². The Morgan fingerprint density at radius 2 is 2.06 bits per heavy atom. The minimum Gasteiger partial charge on any atom is -0.494 e. The van der Waals surface area contributed by atoms with Gasteiger partial charge in [0.2, 0.25) is 0 Å². The number of allylic oxidation sites excluding steroid dienone is 2. The average molecular weight is 436 g/mol. The third-order valence-electron chi connectivity index (χ3n) is 5.51. The van der Waals surface area contributed by atoms with Gasteiger partial charge in [-0.1, -0.05) is 6.58 Å². The van der Waals surface area contributed by atoms with E-state index in [2.05, 4.69) is 27.1 Å². The van der Waals surface area contributed by atoms with Crippen LogP contribution in [-0.4, -0.2) is 37.3 Å². The fraction of sp³-hybridized carbons (Fsp3) is 0.304. The topological polar surface area (TPSA) is 86.9 Å². The number of benzene rings is 1. The summed E-state index contributed by atoms with van der Waals surface area (Å²) in [5, 5.41) is 10.6. The Labute approximate surface area is 185 Å². The largest absolute Gasteiger partial charge is 0.494 e. The van der Waals surface area contributed by atoms with Gasteiger partial charge in [-0.25, -0.2) is 9.37 Å². The number of aromatic nitrogens is 5. The molecule has 1 aromatic carbocycles. The molecule has 0 bridgehead atoms. The van der Waals surface area contributed by atoms with Crippen molar-refractivity contribution in [3.8, 4) is 5.69 Å². The quantitative estimate of drug-likeness (QED) is 0.451. The lowest BCUT2D eigenvalue weighted by Crippen LogP contribution is -2.25. The first kappa shape index (κ1) is 21.5. The number of methoxy groups -OCH3 is 1. The van der Waals surface area contributed by atoms with Crippen LogP contribution in [0.4, 0.5) is 4.39 Å². The van der Waals surface area contributed by atoms with E-state index < -0.39 is 11.7 Å². The minimum absolute atomic E-state index is 0.0775. The van der Waals surface area contributed by atoms with Crippen LogP contribution in [-0.2, 0) is 11.8 Å². The maximum Gasteiger partial charge on any atom is 0.258 e. The average Bonchev–Trinajstić information content (AvgIpc) is 3.32. The Morgan fingerprint density at radius 3 is 2.69 bits per heavy atom. The van der Waals surface area contributed by atoms with Gasteiger partial charge in [-0.2, -0.15) is 0 Å². The smallest absolute Gasteiger partial charge is 0.258 e. The van der Waals surface area contributed by atoms with Gasteiger partial charge in [0.1, 0.15) is 17.9 Å². The van der Waals surface area contributed by atoms with Crippen molar-refractivity contribution in [2.24, 2.45) is 7.05 Å². The van der Waals surface area contributed by atoms with E-state index >= 15 is 0 Å². The number of ether oxygens (including phenoxy) is 1. The molecule has 0 radical (unpaired) electrons. The van der Waals surface area contributed by atoms with Gasteiger partial charge in [-0.05, 0) is 44.4 Å². The van der Waals surface area contributed by atoms with Crippen LogP contribution in [0.3, 0.4) is 0 Å². The van der Waals surface area contributed by atoms with Crippen LogP contribution in [0.1, 0.15) is 53.1 Å². The van der Waals surface area contributed by atoms with Crippen molar-refractivity contribution >= 4 is 11.5 Å². The summed E-state index contributed by atoms with van der Waals surface area (Å²) < 4.78 is 23.7. The molecule has 9 heteroatoms. The van der Waals surface area contributed by atoms with Crippen LogP contribution in [0.5, 0.6) is 0 Å². The first-order chi connectivity index (χ1) is 15.3. The fourth-order valence-corrected chi connectivity index (χ4v) is 3.63. The number of hydrogen-bond acceptors (Lipinski definition) is 5. The van der Waals surface area contributed by atoms with E-state index in [9.17, 15) is 9.18 Å². The summed E-state index contributed by atoms with van der Waals surface area (Å²) in [6.45, 7) is 7.45. The van der Waals surface area contributed by atoms with E-state index in [4.69, 9.17) is 4.74 Å². The zero-order valence-electron chi connectivity index (χ0n) is 18.5. The van der Waals surface area contributed by atoms with Crippen LogP contribution in [0.25, 0.3) is 11.3 Å². The van der Waals surface area contributed by atoms with Crippen molar-refractivity contribution in [1.29, 1.82) is 0 Å². The highest BCUT2D eigenvalue weighted by molar-refractivity contribution is 5.96. The molecule has 1 amide bonds. The van der Waals surface area contributed by atoms with Crippen molar-refractivity contribution in [2.75, 3.05) is 7.11 Å². The second kappa shape index (κ2) is 8.41. The van der Waals surface area contributed by atoms with Crippen LogP contribution in [0.2, 0.25) is 0 Å². The molecule has 2 heterocycles. The molecule has 32 heavy (non-hydrogen) atoms. The number of rotatable bonds is 7. The predicted octanol–water partition coefficient (Wildman–Crippen LogP) is 3.65. The van der Waals surface area contributed by atoms with Crippen molar-refractivity contribution in [3.05, 3.63) is 77.5 Å². The Morgan fingerprint density at radius 1 is 1.31 bits per heavy atom. The van der Waals surface area contributed by atoms with E-state index in [0.29, 0.717) is 40.0 Å². The zero-order chi connectivity index (χ0) is 23.0. The van der Waals surface area contributed by atoms with Gasteiger partial charge < -0.3 is 19.2 Å². The second-order valence-electron chi connectivity index (χ2n) is 7.95. The summed E-state index contributed by atoms with van der Waals surface area (Å²) in [6, 6.07) is 2.89. The monoisotopic (exact) mass is 436 g/mol. The number of hydrogen-bond donors (Lipinski definition) is 1. The molecule has 1 aliphatic carbocycles. The highest BCUT2D eigenvalue weighted by atomic mass is 19.1. The standard InChI is InChI=1S/C23H25FN6O2/c1-13-8-18(24)17(9-20(13)30-10-19(25-11-30)16-6-7-16)23(31)27-15(3)21(32-5)14(2)22-28-26-12-29(22)4/h8-12,16H,2,6-7H2,1,3-5H3,(H,27,31)/b21-15-. The molecule has 0 unspecified atom stereocenters. The summed E-state index contributed by atoms with van der Waals surface area (Å²) >= 11 is 0. The molecule has 0 saturated heterocycles. The van der Waals surface area contributed by atoms with E-state index in [1.165, 1.54) is 25.6 Å². The summed E-state index contributed by atoms with van der Waals surface area (Å²) in [4.78, 5) is 17.4. The van der Waals surface area contributed by atoms with Crippen LogP contribution >= 0.6 is 0 Å². The van der Waals surface area contributed by atoms with E-state index in [1.54, 1.807) is 31.8 Å². The molecule has 3 aromatic rings. The summed E-state index contributed by atoms with van der Waals surface area (Å²) in [5.41, 5.74) is 3.18.